The maximum atomic E-state index is 12.1. The third-order valence-electron chi connectivity index (χ3n) is 3.38. The van der Waals surface area contributed by atoms with Gasteiger partial charge in [-0.2, -0.15) is 0 Å². The van der Waals surface area contributed by atoms with Gasteiger partial charge < -0.3 is 4.74 Å². The minimum absolute atomic E-state index is 0.188. The van der Waals surface area contributed by atoms with Gasteiger partial charge in [0.05, 0.1) is 6.61 Å². The summed E-state index contributed by atoms with van der Waals surface area (Å²) < 4.78 is 5.69. The lowest BCUT2D eigenvalue weighted by Gasteiger charge is -2.07. The van der Waals surface area contributed by atoms with E-state index < -0.39 is 0 Å². The van der Waals surface area contributed by atoms with Crippen LogP contribution >= 0.6 is 11.3 Å². The van der Waals surface area contributed by atoms with Crippen molar-refractivity contribution in [1.82, 2.24) is 10.2 Å². The number of rotatable bonds is 9. The fourth-order valence-electron chi connectivity index (χ4n) is 2.11. The number of aryl methyl sites for hydroxylation is 1. The SMILES string of the molecule is CCCCCCCOc1ccc(C(=O)Nc2nnc(C)s2)cc1. The second kappa shape index (κ2) is 9.25. The van der Waals surface area contributed by atoms with Crippen LogP contribution in [0.1, 0.15) is 54.4 Å². The molecule has 0 fully saturated rings. The molecular weight excluding hydrogens is 310 g/mol. The molecule has 2 rings (SSSR count). The van der Waals surface area contributed by atoms with Crippen molar-refractivity contribution in [3.05, 3.63) is 34.8 Å². The molecule has 0 radical (unpaired) electrons. The van der Waals surface area contributed by atoms with E-state index in [-0.39, 0.29) is 5.91 Å². The zero-order valence-corrected chi connectivity index (χ0v) is 14.5. The van der Waals surface area contributed by atoms with E-state index in [9.17, 15) is 4.79 Å². The number of unbranched alkanes of at least 4 members (excludes halogenated alkanes) is 4. The number of carbonyl (C=O) groups excluding carboxylic acids is 1. The van der Waals surface area contributed by atoms with Gasteiger partial charge in [-0.15, -0.1) is 10.2 Å². The molecule has 0 aliphatic rings. The molecule has 6 heteroatoms. The highest BCUT2D eigenvalue weighted by Gasteiger charge is 2.09. The summed E-state index contributed by atoms with van der Waals surface area (Å²) in [4.78, 5) is 12.1. The lowest BCUT2D eigenvalue weighted by molar-refractivity contribution is 0.102. The molecule has 1 amide bonds. The van der Waals surface area contributed by atoms with Gasteiger partial charge in [0.15, 0.2) is 0 Å². The fraction of sp³-hybridized carbons (Fsp3) is 0.471. The van der Waals surface area contributed by atoms with Crippen molar-refractivity contribution < 1.29 is 9.53 Å². The van der Waals surface area contributed by atoms with Gasteiger partial charge >= 0.3 is 0 Å². The third kappa shape index (κ3) is 5.98. The Bertz CT molecular complexity index is 611. The first-order chi connectivity index (χ1) is 11.2. The van der Waals surface area contributed by atoms with Crippen LogP contribution in [0.25, 0.3) is 0 Å². The first-order valence-corrected chi connectivity index (χ1v) is 8.85. The minimum atomic E-state index is -0.188. The molecule has 23 heavy (non-hydrogen) atoms. The summed E-state index contributed by atoms with van der Waals surface area (Å²) in [6, 6.07) is 7.17. The predicted molar refractivity (Wildman–Crippen MR) is 93.3 cm³/mol. The van der Waals surface area contributed by atoms with Crippen LogP contribution in [0.15, 0.2) is 24.3 Å². The molecule has 2 aromatic rings. The normalized spacial score (nSPS) is 10.5. The number of anilines is 1. The van der Waals surface area contributed by atoms with Crippen molar-refractivity contribution in [3.63, 3.8) is 0 Å². The molecule has 1 aromatic carbocycles. The summed E-state index contributed by atoms with van der Waals surface area (Å²) >= 11 is 1.35. The number of nitrogens with zero attached hydrogens (tertiary/aromatic N) is 2. The maximum absolute atomic E-state index is 12.1. The number of hydrogen-bond donors (Lipinski definition) is 1. The Morgan fingerprint density at radius 1 is 1.13 bits per heavy atom. The van der Waals surface area contributed by atoms with Crippen LogP contribution in [0.3, 0.4) is 0 Å². The fourth-order valence-corrected chi connectivity index (χ4v) is 2.70. The molecule has 1 aromatic heterocycles. The van der Waals surface area contributed by atoms with Gasteiger partial charge in [0.2, 0.25) is 5.13 Å². The van der Waals surface area contributed by atoms with Crippen LogP contribution in [-0.4, -0.2) is 22.7 Å². The van der Waals surface area contributed by atoms with Crippen LogP contribution in [0, 0.1) is 6.92 Å². The highest BCUT2D eigenvalue weighted by Crippen LogP contribution is 2.17. The molecule has 0 aliphatic heterocycles. The Kier molecular flexibility index (Phi) is 7.00. The van der Waals surface area contributed by atoms with E-state index in [4.69, 9.17) is 4.74 Å². The van der Waals surface area contributed by atoms with Gasteiger partial charge in [0, 0.05) is 5.56 Å². The smallest absolute Gasteiger partial charge is 0.257 e. The van der Waals surface area contributed by atoms with Crippen LogP contribution in [0.2, 0.25) is 0 Å². The molecule has 0 saturated carbocycles. The molecule has 0 spiro atoms. The molecule has 1 N–H and O–H groups in total. The molecule has 0 bridgehead atoms. The molecule has 0 saturated heterocycles. The number of carbonyl (C=O) groups is 1. The quantitative estimate of drug-likeness (QED) is 0.689. The molecular formula is C17H23N3O2S. The predicted octanol–water partition coefficient (Wildman–Crippen LogP) is 4.45. The maximum Gasteiger partial charge on any atom is 0.257 e. The third-order valence-corrected chi connectivity index (χ3v) is 4.13. The van der Waals surface area contributed by atoms with Gasteiger partial charge in [0.25, 0.3) is 5.91 Å². The Balaban J connectivity index is 1.76. The van der Waals surface area contributed by atoms with Gasteiger partial charge in [-0.05, 0) is 37.6 Å². The summed E-state index contributed by atoms with van der Waals surface area (Å²) in [5.74, 6) is 0.607. The Labute approximate surface area is 141 Å². The van der Waals surface area contributed by atoms with Gasteiger partial charge in [0.1, 0.15) is 10.8 Å². The lowest BCUT2D eigenvalue weighted by atomic mass is 10.2. The number of ether oxygens (including phenoxy) is 1. The van der Waals surface area contributed by atoms with Crippen molar-refractivity contribution in [3.8, 4) is 5.75 Å². The summed E-state index contributed by atoms with van der Waals surface area (Å²) in [6.07, 6.45) is 6.08. The van der Waals surface area contributed by atoms with Crippen LogP contribution in [0.4, 0.5) is 5.13 Å². The average molecular weight is 333 g/mol. The largest absolute Gasteiger partial charge is 0.494 e. The van der Waals surface area contributed by atoms with Gasteiger partial charge in [-0.1, -0.05) is 43.9 Å². The van der Waals surface area contributed by atoms with Crippen LogP contribution in [0.5, 0.6) is 5.75 Å². The second-order valence-electron chi connectivity index (χ2n) is 5.37. The van der Waals surface area contributed by atoms with Gasteiger partial charge in [-0.25, -0.2) is 0 Å². The van der Waals surface area contributed by atoms with E-state index in [1.165, 1.54) is 37.0 Å². The number of hydrogen-bond acceptors (Lipinski definition) is 5. The Morgan fingerprint density at radius 2 is 1.87 bits per heavy atom. The van der Waals surface area contributed by atoms with Crippen LogP contribution < -0.4 is 10.1 Å². The van der Waals surface area contributed by atoms with Crippen molar-refractivity contribution >= 4 is 22.4 Å². The highest BCUT2D eigenvalue weighted by molar-refractivity contribution is 7.15. The van der Waals surface area contributed by atoms with E-state index in [1.807, 2.05) is 19.1 Å². The van der Waals surface area contributed by atoms with Crippen molar-refractivity contribution in [1.29, 1.82) is 0 Å². The lowest BCUT2D eigenvalue weighted by Crippen LogP contribution is -2.11. The standard InChI is InChI=1S/C17H23N3O2S/c1-3-4-5-6-7-12-22-15-10-8-14(9-11-15)16(21)18-17-20-19-13(2)23-17/h8-11H,3-7,12H2,1-2H3,(H,18,20,21). The number of amides is 1. The number of aromatic nitrogens is 2. The van der Waals surface area contributed by atoms with E-state index in [0.29, 0.717) is 10.7 Å². The number of benzene rings is 1. The molecule has 0 atom stereocenters. The van der Waals surface area contributed by atoms with Crippen LogP contribution in [-0.2, 0) is 0 Å². The molecule has 0 unspecified atom stereocenters. The summed E-state index contributed by atoms with van der Waals surface area (Å²) in [6.45, 7) is 4.78. The first kappa shape index (κ1) is 17.4. The monoisotopic (exact) mass is 333 g/mol. The van der Waals surface area contributed by atoms with Crippen molar-refractivity contribution in [2.45, 2.75) is 46.0 Å². The molecule has 0 aliphatic carbocycles. The van der Waals surface area contributed by atoms with E-state index in [2.05, 4.69) is 22.4 Å². The first-order valence-electron chi connectivity index (χ1n) is 8.03. The Morgan fingerprint density at radius 3 is 2.52 bits per heavy atom. The summed E-state index contributed by atoms with van der Waals surface area (Å²) in [5, 5.41) is 11.8. The van der Waals surface area contributed by atoms with Crippen molar-refractivity contribution in [2.75, 3.05) is 11.9 Å². The zero-order chi connectivity index (χ0) is 16.5. The minimum Gasteiger partial charge on any atom is -0.494 e. The molecule has 5 nitrogen and oxygen atoms in total. The average Bonchev–Trinajstić information content (AvgIpc) is 2.96. The number of nitrogens with one attached hydrogen (secondary N) is 1. The van der Waals surface area contributed by atoms with Gasteiger partial charge in [-0.3, -0.25) is 10.1 Å². The topological polar surface area (TPSA) is 64.1 Å². The molecule has 124 valence electrons. The van der Waals surface area contributed by atoms with Crippen molar-refractivity contribution in [2.24, 2.45) is 0 Å². The zero-order valence-electron chi connectivity index (χ0n) is 13.7. The second-order valence-corrected chi connectivity index (χ2v) is 6.55. The Hall–Kier alpha value is -1.95. The van der Waals surface area contributed by atoms with E-state index in [1.54, 1.807) is 12.1 Å². The van der Waals surface area contributed by atoms with E-state index in [0.717, 1.165) is 23.8 Å². The highest BCUT2D eigenvalue weighted by atomic mass is 32.1. The van der Waals surface area contributed by atoms with E-state index >= 15 is 0 Å². The summed E-state index contributed by atoms with van der Waals surface area (Å²) in [7, 11) is 0. The summed E-state index contributed by atoms with van der Waals surface area (Å²) in [5.41, 5.74) is 0.577. The molecule has 1 heterocycles.